The van der Waals surface area contributed by atoms with Gasteiger partial charge in [0.25, 0.3) is 0 Å². The third-order valence-corrected chi connectivity index (χ3v) is 4.84. The van der Waals surface area contributed by atoms with Crippen LogP contribution in [-0.2, 0) is 4.79 Å². The van der Waals surface area contributed by atoms with Crippen LogP contribution in [0.15, 0.2) is 0 Å². The molecular formula is C21H41O4. The van der Waals surface area contributed by atoms with Gasteiger partial charge in [0.2, 0.25) is 0 Å². The van der Waals surface area contributed by atoms with E-state index in [1.165, 1.54) is 51.4 Å². The van der Waals surface area contributed by atoms with E-state index in [0.717, 1.165) is 19.3 Å². The molecule has 4 heteroatoms. The summed E-state index contributed by atoms with van der Waals surface area (Å²) in [7, 11) is 0. The Balaban J connectivity index is 4.00. The third kappa shape index (κ3) is 12.4. The van der Waals surface area contributed by atoms with E-state index < -0.39 is 23.6 Å². The van der Waals surface area contributed by atoms with Gasteiger partial charge in [-0.25, -0.2) is 0 Å². The minimum absolute atomic E-state index is 0.158. The lowest BCUT2D eigenvalue weighted by atomic mass is 9.74. The SMILES string of the molecule is CCCCCCCCCCCC[CH]C(CC(C)O)(CC(C)O)C(=O)O. The van der Waals surface area contributed by atoms with Crippen molar-refractivity contribution in [1.82, 2.24) is 0 Å². The average Bonchev–Trinajstić information content (AvgIpc) is 2.51. The minimum Gasteiger partial charge on any atom is -0.481 e. The molecule has 4 nitrogen and oxygen atoms in total. The van der Waals surface area contributed by atoms with E-state index in [1.807, 2.05) is 6.42 Å². The summed E-state index contributed by atoms with van der Waals surface area (Å²) in [5.74, 6) is -0.943. The zero-order valence-electron chi connectivity index (χ0n) is 16.7. The topological polar surface area (TPSA) is 77.8 Å². The first-order chi connectivity index (χ1) is 11.8. The first-order valence-corrected chi connectivity index (χ1v) is 10.3. The van der Waals surface area contributed by atoms with E-state index >= 15 is 0 Å². The number of aliphatic hydroxyl groups is 2. The molecule has 3 N–H and O–H groups in total. The van der Waals surface area contributed by atoms with Crippen molar-refractivity contribution in [2.45, 2.75) is 116 Å². The molecule has 0 aliphatic carbocycles. The van der Waals surface area contributed by atoms with Gasteiger partial charge in [-0.05, 0) is 39.5 Å². The maximum Gasteiger partial charge on any atom is 0.310 e. The first kappa shape index (κ1) is 24.4. The standard InChI is InChI=1S/C21H41O4/c1-4-5-6-7-8-9-10-11-12-13-14-15-21(20(24)25,16-18(2)22)17-19(3)23/h15,18-19,22-23H,4-14,16-17H2,1-3H3,(H,24,25). The zero-order valence-corrected chi connectivity index (χ0v) is 16.7. The van der Waals surface area contributed by atoms with E-state index in [9.17, 15) is 20.1 Å². The molecule has 0 saturated carbocycles. The fourth-order valence-electron chi connectivity index (χ4n) is 3.58. The Morgan fingerprint density at radius 2 is 1.24 bits per heavy atom. The molecule has 0 fully saturated rings. The van der Waals surface area contributed by atoms with Crippen molar-refractivity contribution in [2.75, 3.05) is 0 Å². The molecule has 149 valence electrons. The minimum atomic E-state index is -1.12. The molecule has 0 aliphatic rings. The largest absolute Gasteiger partial charge is 0.481 e. The van der Waals surface area contributed by atoms with Crippen LogP contribution in [0.1, 0.15) is 104 Å². The summed E-state index contributed by atoms with van der Waals surface area (Å²) < 4.78 is 0. The number of hydrogen-bond acceptors (Lipinski definition) is 3. The zero-order chi connectivity index (χ0) is 19.1. The Morgan fingerprint density at radius 3 is 1.60 bits per heavy atom. The second-order valence-electron chi connectivity index (χ2n) is 7.74. The number of unbranched alkanes of at least 4 members (excludes halogenated alkanes) is 10. The second kappa shape index (κ2) is 14.5. The van der Waals surface area contributed by atoms with Gasteiger partial charge in [0, 0.05) is 0 Å². The van der Waals surface area contributed by atoms with Gasteiger partial charge in [0.05, 0.1) is 17.6 Å². The van der Waals surface area contributed by atoms with E-state index in [2.05, 4.69) is 6.92 Å². The fourth-order valence-corrected chi connectivity index (χ4v) is 3.58. The predicted molar refractivity (Wildman–Crippen MR) is 103 cm³/mol. The summed E-state index contributed by atoms with van der Waals surface area (Å²) in [4.78, 5) is 11.8. The summed E-state index contributed by atoms with van der Waals surface area (Å²) in [5.41, 5.74) is -1.12. The first-order valence-electron chi connectivity index (χ1n) is 10.3. The van der Waals surface area contributed by atoms with Crippen molar-refractivity contribution in [3.05, 3.63) is 6.42 Å². The Hall–Kier alpha value is -0.610. The van der Waals surface area contributed by atoms with Crippen LogP contribution in [0.2, 0.25) is 0 Å². The lowest BCUT2D eigenvalue weighted by Gasteiger charge is -2.31. The highest BCUT2D eigenvalue weighted by Gasteiger charge is 2.40. The average molecular weight is 358 g/mol. The number of hydrogen-bond donors (Lipinski definition) is 3. The third-order valence-electron chi connectivity index (χ3n) is 4.84. The summed E-state index contributed by atoms with van der Waals surface area (Å²) in [5, 5.41) is 29.0. The van der Waals surface area contributed by atoms with E-state index in [0.29, 0.717) is 0 Å². The second-order valence-corrected chi connectivity index (χ2v) is 7.74. The van der Waals surface area contributed by atoms with E-state index in [4.69, 9.17) is 0 Å². The van der Waals surface area contributed by atoms with E-state index in [-0.39, 0.29) is 12.8 Å². The normalized spacial score (nSPS) is 16.4. The van der Waals surface area contributed by atoms with Gasteiger partial charge in [0.15, 0.2) is 0 Å². The van der Waals surface area contributed by atoms with Crippen LogP contribution in [0.5, 0.6) is 0 Å². The maximum atomic E-state index is 11.8. The van der Waals surface area contributed by atoms with Gasteiger partial charge in [-0.2, -0.15) is 0 Å². The monoisotopic (exact) mass is 357 g/mol. The van der Waals surface area contributed by atoms with Crippen LogP contribution < -0.4 is 0 Å². The summed E-state index contributed by atoms with van der Waals surface area (Å²) in [6.07, 6.45) is 14.0. The Kier molecular flexibility index (Phi) is 14.2. The molecule has 0 bridgehead atoms. The number of carboxylic acids is 1. The Morgan fingerprint density at radius 1 is 0.840 bits per heavy atom. The molecule has 25 heavy (non-hydrogen) atoms. The van der Waals surface area contributed by atoms with E-state index in [1.54, 1.807) is 13.8 Å². The van der Waals surface area contributed by atoms with Crippen molar-refractivity contribution in [2.24, 2.45) is 5.41 Å². The molecule has 0 aromatic heterocycles. The highest BCUT2D eigenvalue weighted by molar-refractivity contribution is 5.76. The smallest absolute Gasteiger partial charge is 0.310 e. The van der Waals surface area contributed by atoms with Gasteiger partial charge < -0.3 is 15.3 Å². The maximum absolute atomic E-state index is 11.8. The molecular weight excluding hydrogens is 316 g/mol. The molecule has 0 saturated heterocycles. The molecule has 2 unspecified atom stereocenters. The number of carboxylic acid groups (broad SMARTS) is 1. The molecule has 0 amide bonds. The van der Waals surface area contributed by atoms with Gasteiger partial charge in [-0.3, -0.25) is 4.79 Å². The Labute approximate surface area is 155 Å². The lowest BCUT2D eigenvalue weighted by Crippen LogP contribution is -2.37. The number of aliphatic carboxylic acids is 1. The van der Waals surface area contributed by atoms with Crippen LogP contribution in [0, 0.1) is 11.8 Å². The highest BCUT2D eigenvalue weighted by atomic mass is 16.4. The van der Waals surface area contributed by atoms with Gasteiger partial charge >= 0.3 is 5.97 Å². The van der Waals surface area contributed by atoms with Gasteiger partial charge in [-0.15, -0.1) is 0 Å². The van der Waals surface area contributed by atoms with Crippen molar-refractivity contribution >= 4 is 5.97 Å². The summed E-state index contributed by atoms with van der Waals surface area (Å²) in [6.45, 7) is 5.45. The van der Waals surface area contributed by atoms with Crippen LogP contribution in [0.3, 0.4) is 0 Å². The van der Waals surface area contributed by atoms with Crippen LogP contribution in [0.4, 0.5) is 0 Å². The fraction of sp³-hybridized carbons (Fsp3) is 0.905. The van der Waals surface area contributed by atoms with Crippen molar-refractivity contribution in [3.63, 3.8) is 0 Å². The van der Waals surface area contributed by atoms with Crippen molar-refractivity contribution in [3.8, 4) is 0 Å². The highest BCUT2D eigenvalue weighted by Crippen LogP contribution is 2.35. The summed E-state index contributed by atoms with van der Waals surface area (Å²) in [6, 6.07) is 0. The molecule has 0 heterocycles. The van der Waals surface area contributed by atoms with Crippen LogP contribution >= 0.6 is 0 Å². The molecule has 0 aliphatic heterocycles. The molecule has 0 rings (SSSR count). The molecule has 2 atom stereocenters. The predicted octanol–water partition coefficient (Wildman–Crippen LogP) is 5.11. The van der Waals surface area contributed by atoms with Crippen molar-refractivity contribution in [1.29, 1.82) is 0 Å². The number of rotatable bonds is 17. The Bertz CT molecular complexity index is 316. The molecule has 0 spiro atoms. The van der Waals surface area contributed by atoms with Crippen LogP contribution in [0.25, 0.3) is 0 Å². The lowest BCUT2D eigenvalue weighted by molar-refractivity contribution is -0.150. The molecule has 0 aromatic rings. The summed E-state index contributed by atoms with van der Waals surface area (Å²) >= 11 is 0. The number of aliphatic hydroxyl groups excluding tert-OH is 2. The quantitative estimate of drug-likeness (QED) is 0.316. The van der Waals surface area contributed by atoms with Gasteiger partial charge in [-0.1, -0.05) is 71.1 Å². The van der Waals surface area contributed by atoms with Crippen molar-refractivity contribution < 1.29 is 20.1 Å². The number of carbonyl (C=O) groups is 1. The molecule has 0 aromatic carbocycles. The van der Waals surface area contributed by atoms with Crippen LogP contribution in [-0.4, -0.2) is 33.5 Å². The van der Waals surface area contributed by atoms with Gasteiger partial charge in [0.1, 0.15) is 0 Å². The molecule has 1 radical (unpaired) electrons.